The van der Waals surface area contributed by atoms with E-state index in [-0.39, 0.29) is 54.6 Å². The van der Waals surface area contributed by atoms with E-state index in [1.807, 2.05) is 51.2 Å². The molecule has 0 radical (unpaired) electrons. The van der Waals surface area contributed by atoms with Crippen molar-refractivity contribution in [1.82, 2.24) is 40.4 Å². The number of β-amino-alcohol motifs (C(OH)–C–C–N with tert-alkyl or cyclic N) is 1. The number of likely N-dealkylation sites (tertiary alicyclic amines) is 2. The van der Waals surface area contributed by atoms with E-state index in [9.17, 15) is 28.6 Å². The number of benzene rings is 2. The second kappa shape index (κ2) is 24.9. The van der Waals surface area contributed by atoms with E-state index in [0.717, 1.165) is 131 Å². The number of alkyl halides is 2. The summed E-state index contributed by atoms with van der Waals surface area (Å²) in [6, 6.07) is 19.2. The van der Waals surface area contributed by atoms with Crippen molar-refractivity contribution < 1.29 is 42.6 Å². The molecule has 5 saturated heterocycles. The number of aliphatic hydroxyl groups is 1. The first-order valence-electron chi connectivity index (χ1n) is 29.9. The average molecular weight is 1170 g/mol. The molecule has 1 aliphatic carbocycles. The van der Waals surface area contributed by atoms with Gasteiger partial charge in [-0.3, -0.25) is 9.59 Å². The lowest BCUT2D eigenvalue weighted by Crippen LogP contribution is -2.49. The van der Waals surface area contributed by atoms with Crippen molar-refractivity contribution in [2.45, 2.75) is 133 Å². The van der Waals surface area contributed by atoms with Crippen LogP contribution < -0.4 is 30.5 Å². The van der Waals surface area contributed by atoms with Gasteiger partial charge in [0.25, 0.3) is 6.43 Å². The van der Waals surface area contributed by atoms with E-state index in [0.29, 0.717) is 46.4 Å². The van der Waals surface area contributed by atoms with Gasteiger partial charge in [-0.15, -0.1) is 21.5 Å². The van der Waals surface area contributed by atoms with E-state index in [2.05, 4.69) is 62.4 Å². The molecular weight excluding hydrogens is 1090 g/mol. The first kappa shape index (κ1) is 57.4. The van der Waals surface area contributed by atoms with Gasteiger partial charge in [-0.05, 0) is 98.6 Å². The zero-order valence-corrected chi connectivity index (χ0v) is 48.7. The van der Waals surface area contributed by atoms with Crippen LogP contribution in [0.15, 0.2) is 89.0 Å². The number of nitrogens with two attached hydrogens (primary N) is 1. The molecule has 2 unspecified atom stereocenters. The molecule has 2 bridgehead atoms. The molecule has 4 aromatic heterocycles. The molecule has 0 spiro atoms. The number of fused-ring (bicyclic) bond motifs is 2. The van der Waals surface area contributed by atoms with E-state index in [1.54, 1.807) is 41.9 Å². The summed E-state index contributed by atoms with van der Waals surface area (Å²) < 4.78 is 48.1. The van der Waals surface area contributed by atoms with Crippen molar-refractivity contribution in [3.63, 3.8) is 0 Å². The molecule has 2 aromatic carbocycles. The first-order valence-corrected chi connectivity index (χ1v) is 30.8. The van der Waals surface area contributed by atoms with Crippen LogP contribution in [-0.4, -0.2) is 159 Å². The Hall–Kier alpha value is -7.01. The van der Waals surface area contributed by atoms with Crippen LogP contribution in [0.3, 0.4) is 0 Å². The van der Waals surface area contributed by atoms with Gasteiger partial charge in [0.05, 0.1) is 45.8 Å². The van der Waals surface area contributed by atoms with Gasteiger partial charge in [0.15, 0.2) is 17.4 Å². The Morgan fingerprint density at radius 2 is 1.63 bits per heavy atom. The number of piperidine rings is 2. The Morgan fingerprint density at radius 3 is 2.37 bits per heavy atom. The largest absolute Gasteiger partial charge is 0.507 e. The highest BCUT2D eigenvalue weighted by Gasteiger charge is 2.45. The van der Waals surface area contributed by atoms with Gasteiger partial charge in [-0.1, -0.05) is 55.4 Å². The summed E-state index contributed by atoms with van der Waals surface area (Å²) in [5.41, 5.74) is 13.2. The van der Waals surface area contributed by atoms with Crippen molar-refractivity contribution in [3.8, 4) is 33.3 Å². The standard InChI is InChI=1S/C62H76F2N12O7S/c1-36(2)56(62(80)76-34-44(77)26-51(76)61(79)68-57(59(63)64)40-8-10-41(11-9-40)58-37(3)67-35-84-58)53-30-54(71-83-53)73-21-13-38(14-22-73)31-72-19-16-45(17-20-72)81-46-27-47(28-46)82-55-25-42(12-18-66-55)75-32-39-15-23-74(33-43(75)24-39)50-29-49(69-70-60(50)65)48-6-4-5-7-52(48)78/h4-12,18,25,29-30,35-36,38-39,43-47,51,56-57,59,77-78H,13-17,19-24,26-28,31-34H2,1-3H3,(H2,65,70)(H,68,79)/t39?,43?,44-,46-,47-,51+,56-,57-/m1/s1. The number of amides is 2. The molecule has 5 N–H and O–H groups in total. The van der Waals surface area contributed by atoms with Crippen LogP contribution >= 0.6 is 11.3 Å². The smallest absolute Gasteiger partial charge is 0.262 e. The fourth-order valence-corrected chi connectivity index (χ4v) is 14.4. The van der Waals surface area contributed by atoms with Gasteiger partial charge in [-0.25, -0.2) is 18.7 Å². The third-order valence-electron chi connectivity index (χ3n) is 18.3. The Morgan fingerprint density at radius 1 is 0.857 bits per heavy atom. The number of hydrogen-bond acceptors (Lipinski definition) is 18. The number of anilines is 4. The fourth-order valence-electron chi connectivity index (χ4n) is 13.6. The van der Waals surface area contributed by atoms with Crippen molar-refractivity contribution >= 4 is 46.2 Å². The number of carbonyl (C=O) groups is 2. The van der Waals surface area contributed by atoms with Gasteiger partial charge in [0.2, 0.25) is 17.7 Å². The molecule has 1 saturated carbocycles. The third kappa shape index (κ3) is 12.5. The number of aromatic hydroxyl groups is 1. The normalized spacial score (nSPS) is 24.1. The number of ether oxygens (including phenoxy) is 2. The number of pyridine rings is 1. The fraction of sp³-hybridized carbons (Fsp3) is 0.532. The van der Waals surface area contributed by atoms with Crippen LogP contribution in [0.2, 0.25) is 0 Å². The molecule has 19 nitrogen and oxygen atoms in total. The van der Waals surface area contributed by atoms with E-state index < -0.39 is 42.3 Å². The van der Waals surface area contributed by atoms with Crippen LogP contribution in [0.5, 0.6) is 11.6 Å². The minimum Gasteiger partial charge on any atom is -0.507 e. The lowest BCUT2D eigenvalue weighted by molar-refractivity contribution is -0.141. The highest BCUT2D eigenvalue weighted by Crippen LogP contribution is 2.41. The number of para-hydroxylation sites is 1. The van der Waals surface area contributed by atoms with E-state index >= 15 is 0 Å². The zero-order valence-electron chi connectivity index (χ0n) is 47.9. The van der Waals surface area contributed by atoms with Crippen LogP contribution in [0.1, 0.15) is 101 Å². The monoisotopic (exact) mass is 1170 g/mol. The Kier molecular flexibility index (Phi) is 17.0. The molecule has 5 aliphatic heterocycles. The molecule has 12 rings (SSSR count). The van der Waals surface area contributed by atoms with Crippen molar-refractivity contribution in [2.24, 2.45) is 17.8 Å². The average Bonchev–Trinajstić information content (AvgIpc) is 2.96. The molecule has 2 amide bonds. The maximum Gasteiger partial charge on any atom is 0.262 e. The predicted octanol–water partition coefficient (Wildman–Crippen LogP) is 8.48. The van der Waals surface area contributed by atoms with Crippen LogP contribution in [0.4, 0.5) is 31.8 Å². The number of aromatic nitrogens is 5. The lowest BCUT2D eigenvalue weighted by atomic mass is 9.91. The minimum atomic E-state index is -2.92. The van der Waals surface area contributed by atoms with Gasteiger partial charge in [0, 0.05) is 114 Å². The van der Waals surface area contributed by atoms with Gasteiger partial charge in [-0.2, -0.15) is 0 Å². The van der Waals surface area contributed by atoms with E-state index in [1.165, 1.54) is 16.2 Å². The summed E-state index contributed by atoms with van der Waals surface area (Å²) >= 11 is 1.46. The molecular formula is C62H76F2N12O7S. The highest BCUT2D eigenvalue weighted by molar-refractivity contribution is 7.13. The number of phenols is 1. The van der Waals surface area contributed by atoms with Crippen LogP contribution in [-0.2, 0) is 14.3 Å². The molecule has 6 aromatic rings. The van der Waals surface area contributed by atoms with Crippen molar-refractivity contribution in [3.05, 3.63) is 102 Å². The summed E-state index contributed by atoms with van der Waals surface area (Å²) in [6.45, 7) is 12.8. The maximum atomic E-state index is 14.6. The summed E-state index contributed by atoms with van der Waals surface area (Å²) in [5.74, 6) is 1.06. The lowest BCUT2D eigenvalue weighted by Gasteiger charge is -2.41. The number of thiazole rings is 1. The Bertz CT molecular complexity index is 3240. The summed E-state index contributed by atoms with van der Waals surface area (Å²) in [6.07, 6.45) is 6.14. The number of phenolic OH excluding ortho intramolecular Hbond substituents is 1. The molecule has 446 valence electrons. The van der Waals surface area contributed by atoms with Crippen molar-refractivity contribution in [1.29, 1.82) is 0 Å². The second-order valence-corrected chi connectivity index (χ2v) is 25.2. The number of hydrogen-bond donors (Lipinski definition) is 4. The van der Waals surface area contributed by atoms with Crippen molar-refractivity contribution in [2.75, 3.05) is 79.3 Å². The number of carbonyl (C=O) groups excluding carboxylic acids is 2. The number of nitrogens with zero attached hydrogens (tertiary/aromatic N) is 10. The molecule has 6 aliphatic rings. The molecule has 9 heterocycles. The minimum absolute atomic E-state index is 0.0640. The maximum absolute atomic E-state index is 14.6. The van der Waals surface area contributed by atoms with Gasteiger partial charge in [0.1, 0.15) is 29.9 Å². The zero-order chi connectivity index (χ0) is 58.2. The Labute approximate surface area is 492 Å². The first-order chi connectivity index (χ1) is 40.7. The number of rotatable bonds is 18. The molecule has 6 fully saturated rings. The summed E-state index contributed by atoms with van der Waals surface area (Å²) in [7, 11) is 0. The SMILES string of the molecule is Cc1ncsc1-c1ccc([C@@H](NC(=O)[C@@H]2C[C@@H](O)CN2C(=O)[C@@H](c2cc(N3CCC(CN4CCC(O[C@H]5C[C@H](Oc6cc(N7CC8CCN(c9cc(-c%10ccccc%10O)nnc9N)CC7C8)ccn6)C5)CC4)CC3)no2)C(C)C)C(F)F)cc1. The quantitative estimate of drug-likeness (QED) is 0.0633. The van der Waals surface area contributed by atoms with E-state index in [4.69, 9.17) is 19.7 Å². The molecule has 22 heteroatoms. The van der Waals surface area contributed by atoms with Gasteiger partial charge >= 0.3 is 0 Å². The summed E-state index contributed by atoms with van der Waals surface area (Å²) in [4.78, 5) is 48.9. The number of halogens is 2. The van der Waals surface area contributed by atoms with Gasteiger partial charge < -0.3 is 59.8 Å². The van der Waals surface area contributed by atoms with Crippen LogP contribution in [0.25, 0.3) is 21.7 Å². The number of nitrogens with one attached hydrogen (secondary N) is 1. The number of aliphatic hydroxyl groups excluding tert-OH is 1. The van der Waals surface area contributed by atoms with Crippen LogP contribution in [0, 0.1) is 24.7 Å². The topological polar surface area (TPSA) is 225 Å². The summed E-state index contributed by atoms with van der Waals surface area (Å²) in [5, 5.41) is 36.8. The molecule has 6 atom stereocenters. The Balaban J connectivity index is 0.572. The third-order valence-corrected chi connectivity index (χ3v) is 19.2. The predicted molar refractivity (Wildman–Crippen MR) is 316 cm³/mol. The molecule has 84 heavy (non-hydrogen) atoms. The highest BCUT2D eigenvalue weighted by atomic mass is 32.1. The second-order valence-electron chi connectivity index (χ2n) is 24.3. The number of nitrogen functional groups attached to an aromatic ring is 1. The number of aryl methyl sites for hydroxylation is 1.